The fraction of sp³-hybridized carbons (Fsp3) is 0.241. The van der Waals surface area contributed by atoms with Crippen molar-refractivity contribution in [1.82, 2.24) is 9.55 Å². The highest BCUT2D eigenvalue weighted by Gasteiger charge is 2.27. The lowest BCUT2D eigenvalue weighted by Crippen LogP contribution is -2.30. The van der Waals surface area contributed by atoms with Crippen LogP contribution >= 0.6 is 0 Å². The van der Waals surface area contributed by atoms with Crippen molar-refractivity contribution in [3.05, 3.63) is 90.3 Å². The average molecular weight is 490 g/mol. The summed E-state index contributed by atoms with van der Waals surface area (Å²) in [4.78, 5) is 5.66. The van der Waals surface area contributed by atoms with Crippen LogP contribution in [-0.2, 0) is 21.5 Å². The van der Waals surface area contributed by atoms with Gasteiger partial charge in [-0.1, -0.05) is 31.7 Å². The Bertz CT molecular complexity index is 1480. The molecule has 1 N–H and O–H groups in total. The van der Waals surface area contributed by atoms with Crippen LogP contribution in [0.5, 0.6) is 0 Å². The monoisotopic (exact) mass is 489 g/mol. The van der Waals surface area contributed by atoms with Gasteiger partial charge in [-0.15, -0.1) is 0 Å². The number of hydrogen-bond acceptors (Lipinski definition) is 3. The molecule has 0 aliphatic carbocycles. The summed E-state index contributed by atoms with van der Waals surface area (Å²) in [6.07, 6.45) is 3.19. The first-order valence-corrected chi connectivity index (χ1v) is 13.8. The Morgan fingerprint density at radius 2 is 1.74 bits per heavy atom. The van der Waals surface area contributed by atoms with Crippen LogP contribution < -0.4 is 5.32 Å². The van der Waals surface area contributed by atoms with Crippen LogP contribution in [-0.4, -0.2) is 25.9 Å². The van der Waals surface area contributed by atoms with Gasteiger partial charge in [-0.2, -0.15) is 0 Å². The molecule has 0 aliphatic heterocycles. The third-order valence-corrected chi connectivity index (χ3v) is 7.52. The third kappa shape index (κ3) is 5.33. The maximum Gasteiger partial charge on any atom is 0.208 e. The first kappa shape index (κ1) is 24.7. The van der Waals surface area contributed by atoms with Gasteiger partial charge in [0, 0.05) is 22.4 Å². The number of benzene rings is 3. The number of anilines is 2. The summed E-state index contributed by atoms with van der Waals surface area (Å²) in [5.41, 5.74) is 5.51. The van der Waals surface area contributed by atoms with Crippen molar-refractivity contribution in [2.75, 3.05) is 11.6 Å². The third-order valence-electron chi connectivity index (χ3n) is 6.25. The van der Waals surface area contributed by atoms with Crippen molar-refractivity contribution < 1.29 is 8.60 Å². The van der Waals surface area contributed by atoms with Crippen LogP contribution in [0.25, 0.3) is 16.6 Å². The highest BCUT2D eigenvalue weighted by Crippen LogP contribution is 2.34. The van der Waals surface area contributed by atoms with Gasteiger partial charge in [0.25, 0.3) is 0 Å². The molecular weight excluding hydrogens is 457 g/mol. The Hall–Kier alpha value is -3.38. The zero-order chi connectivity index (χ0) is 25.4. The van der Waals surface area contributed by atoms with E-state index in [1.807, 2.05) is 36.4 Å². The molecule has 0 radical (unpaired) electrons. The molecule has 4 aromatic rings. The Labute approximate surface area is 207 Å². The minimum atomic E-state index is -2.28. The molecule has 3 aromatic carbocycles. The smallest absolute Gasteiger partial charge is 0.208 e. The molecule has 1 aromatic heterocycles. The van der Waals surface area contributed by atoms with Gasteiger partial charge in [0.15, 0.2) is 0 Å². The van der Waals surface area contributed by atoms with Crippen molar-refractivity contribution in [1.29, 1.82) is 0 Å². The predicted octanol–water partition coefficient (Wildman–Crippen LogP) is 7.03. The van der Waals surface area contributed by atoms with E-state index >= 15 is 0 Å². The highest BCUT2D eigenvalue weighted by atomic mass is 32.2. The Morgan fingerprint density at radius 3 is 2.34 bits per heavy atom. The van der Waals surface area contributed by atoms with E-state index in [4.69, 9.17) is 4.98 Å². The number of hydrogen-bond donors (Lipinski definition) is 1. The van der Waals surface area contributed by atoms with Crippen molar-refractivity contribution in [2.45, 2.75) is 44.0 Å². The lowest BCUT2D eigenvalue weighted by atomic mass is 9.94. The van der Waals surface area contributed by atoms with E-state index in [1.165, 1.54) is 12.1 Å². The molecule has 1 atom stereocenters. The van der Waals surface area contributed by atoms with Crippen molar-refractivity contribution in [2.24, 2.45) is 0 Å². The van der Waals surface area contributed by atoms with Crippen LogP contribution in [0.15, 0.2) is 78.2 Å². The molecule has 0 saturated carbocycles. The Balaban J connectivity index is 1.80. The van der Waals surface area contributed by atoms with Gasteiger partial charge in [-0.3, -0.25) is 4.21 Å². The molecule has 4 nitrogen and oxygen atoms in total. The molecular formula is C29H32FN3OS. The van der Waals surface area contributed by atoms with E-state index in [0.717, 1.165) is 39.8 Å². The molecule has 4 rings (SSSR count). The summed E-state index contributed by atoms with van der Waals surface area (Å²) >= 11 is 0. The lowest BCUT2D eigenvalue weighted by Gasteiger charge is -2.30. The lowest BCUT2D eigenvalue weighted by molar-refractivity contribution is 0.367. The van der Waals surface area contributed by atoms with E-state index in [2.05, 4.69) is 61.3 Å². The summed E-state index contributed by atoms with van der Waals surface area (Å²) in [6.45, 7) is 10.6. The maximum atomic E-state index is 13.5. The fourth-order valence-corrected chi connectivity index (χ4v) is 5.05. The van der Waals surface area contributed by atoms with E-state index in [9.17, 15) is 8.60 Å². The molecule has 182 valence electrons. The molecule has 0 spiro atoms. The van der Waals surface area contributed by atoms with Crippen LogP contribution in [0, 0.1) is 5.82 Å². The van der Waals surface area contributed by atoms with Gasteiger partial charge < -0.3 is 9.88 Å². The van der Waals surface area contributed by atoms with Crippen molar-refractivity contribution in [3.63, 3.8) is 0 Å². The standard InChI is InChI=1S/C29H32FN3OS/c1-7-20(2)22-10-17-27-26(18-22)32-28(31-24-13-15-25(16-14-24)35(5,6)34)33(27)29(3,4)19-21-8-11-23(30)12-9-21/h8-18H,2,5,7,19H2,1,3-4,6H3,(H,31,32). The average Bonchev–Trinajstić information content (AvgIpc) is 3.17. The number of aromatic nitrogens is 2. The minimum Gasteiger partial charge on any atom is -0.326 e. The van der Waals surface area contributed by atoms with E-state index in [1.54, 1.807) is 6.26 Å². The first-order chi connectivity index (χ1) is 16.5. The van der Waals surface area contributed by atoms with Gasteiger partial charge in [0.05, 0.1) is 11.0 Å². The van der Waals surface area contributed by atoms with E-state index < -0.39 is 9.52 Å². The van der Waals surface area contributed by atoms with Gasteiger partial charge in [-0.25, -0.2) is 9.37 Å². The quantitative estimate of drug-likeness (QED) is 0.270. The SMILES string of the molecule is C=C(CC)c1ccc2c(c1)nc(Nc1ccc(S(=C)(C)=O)cc1)n2C(C)(C)Cc1ccc(F)cc1. The fourth-order valence-electron chi connectivity index (χ4n) is 4.34. The van der Waals surface area contributed by atoms with Gasteiger partial charge in [0.1, 0.15) is 5.82 Å². The zero-order valence-corrected chi connectivity index (χ0v) is 21.6. The second kappa shape index (κ2) is 9.34. The summed E-state index contributed by atoms with van der Waals surface area (Å²) in [5, 5.41) is 3.46. The van der Waals surface area contributed by atoms with E-state index in [0.29, 0.717) is 17.3 Å². The van der Waals surface area contributed by atoms with Crippen molar-refractivity contribution >= 4 is 43.6 Å². The molecule has 0 saturated heterocycles. The van der Waals surface area contributed by atoms with Crippen LogP contribution in [0.2, 0.25) is 0 Å². The molecule has 1 heterocycles. The summed E-state index contributed by atoms with van der Waals surface area (Å²) in [5.74, 6) is 4.22. The summed E-state index contributed by atoms with van der Waals surface area (Å²) in [7, 11) is -2.28. The maximum absolute atomic E-state index is 13.5. The predicted molar refractivity (Wildman–Crippen MR) is 148 cm³/mol. The number of imidazole rings is 1. The molecule has 35 heavy (non-hydrogen) atoms. The second-order valence-corrected chi connectivity index (χ2v) is 12.2. The van der Waals surface area contributed by atoms with Gasteiger partial charge >= 0.3 is 0 Å². The number of fused-ring (bicyclic) bond motifs is 1. The Morgan fingerprint density at radius 1 is 1.09 bits per heavy atom. The van der Waals surface area contributed by atoms with Crippen LogP contribution in [0.4, 0.5) is 16.0 Å². The number of nitrogens with zero attached hydrogens (tertiary/aromatic N) is 2. The van der Waals surface area contributed by atoms with Crippen molar-refractivity contribution in [3.8, 4) is 0 Å². The molecule has 0 aliphatic rings. The zero-order valence-electron chi connectivity index (χ0n) is 20.8. The topological polar surface area (TPSA) is 46.9 Å². The molecule has 0 amide bonds. The van der Waals surface area contributed by atoms with E-state index in [-0.39, 0.29) is 11.4 Å². The number of nitrogens with one attached hydrogen (secondary N) is 1. The molecule has 0 bridgehead atoms. The second-order valence-electron chi connectivity index (χ2n) is 9.70. The van der Waals surface area contributed by atoms with Gasteiger partial charge in [-0.05, 0) is 107 Å². The van der Waals surface area contributed by atoms with Gasteiger partial charge in [0.2, 0.25) is 5.95 Å². The molecule has 1 unspecified atom stereocenters. The largest absolute Gasteiger partial charge is 0.326 e. The molecule has 6 heteroatoms. The summed E-state index contributed by atoms with van der Waals surface area (Å²) in [6, 6.07) is 20.3. The normalized spacial score (nSPS) is 13.5. The van der Waals surface area contributed by atoms with Crippen LogP contribution in [0.1, 0.15) is 38.3 Å². The number of allylic oxidation sites excluding steroid dienone is 1. The minimum absolute atomic E-state index is 0.243. The number of halogens is 1. The number of rotatable bonds is 8. The van der Waals surface area contributed by atoms with Crippen LogP contribution in [0.3, 0.4) is 0 Å². The summed E-state index contributed by atoms with van der Waals surface area (Å²) < 4.78 is 28.0. The first-order valence-electron chi connectivity index (χ1n) is 11.6. The highest BCUT2D eigenvalue weighted by molar-refractivity contribution is 7.99. The Kier molecular flexibility index (Phi) is 6.60. The molecule has 0 fully saturated rings.